The van der Waals surface area contributed by atoms with E-state index in [9.17, 15) is 4.79 Å². The summed E-state index contributed by atoms with van der Waals surface area (Å²) in [6.45, 7) is 1.55. The molecule has 7 nitrogen and oxygen atoms in total. The van der Waals surface area contributed by atoms with Gasteiger partial charge in [-0.2, -0.15) is 17.0 Å². The van der Waals surface area contributed by atoms with Crippen LogP contribution in [-0.2, 0) is 18.8 Å². The van der Waals surface area contributed by atoms with Crippen molar-refractivity contribution in [1.82, 2.24) is 24.9 Å². The monoisotopic (exact) mass is 328 g/mol. The van der Waals surface area contributed by atoms with Crippen LogP contribution in [0.1, 0.15) is 28.2 Å². The molecule has 2 aromatic rings. The molecular formula is C15H16N6OS. The van der Waals surface area contributed by atoms with Gasteiger partial charge in [0.2, 0.25) is 0 Å². The van der Waals surface area contributed by atoms with Crippen LogP contribution in [0, 0.1) is 11.3 Å². The first kappa shape index (κ1) is 15.5. The molecular weight excluding hydrogens is 312 g/mol. The van der Waals surface area contributed by atoms with Gasteiger partial charge in [-0.05, 0) is 11.6 Å². The second-order valence-corrected chi connectivity index (χ2v) is 6.26. The Bertz CT molecular complexity index is 723. The fraction of sp³-hybridized carbons (Fsp3) is 0.400. The minimum atomic E-state index is -0.173. The molecule has 3 rings (SSSR count). The average molecular weight is 328 g/mol. The van der Waals surface area contributed by atoms with E-state index in [2.05, 4.69) is 21.4 Å². The minimum absolute atomic E-state index is 0.173. The lowest BCUT2D eigenvalue weighted by atomic mass is 10.2. The third-order valence-corrected chi connectivity index (χ3v) is 4.55. The van der Waals surface area contributed by atoms with E-state index < -0.39 is 0 Å². The van der Waals surface area contributed by atoms with E-state index in [4.69, 9.17) is 5.26 Å². The first-order chi connectivity index (χ1) is 11.3. The molecule has 1 aliphatic rings. The van der Waals surface area contributed by atoms with Crippen LogP contribution in [-0.4, -0.2) is 43.1 Å². The Hall–Kier alpha value is -2.40. The van der Waals surface area contributed by atoms with E-state index in [0.717, 1.165) is 29.3 Å². The number of rotatable bonds is 5. The summed E-state index contributed by atoms with van der Waals surface area (Å²) in [6, 6.07) is 5.84. The molecule has 3 heterocycles. The van der Waals surface area contributed by atoms with Gasteiger partial charge in [0.1, 0.15) is 0 Å². The van der Waals surface area contributed by atoms with E-state index in [1.807, 2.05) is 12.1 Å². The molecule has 0 radical (unpaired) electrons. The van der Waals surface area contributed by atoms with Gasteiger partial charge in [0, 0.05) is 37.0 Å². The molecule has 1 amide bonds. The van der Waals surface area contributed by atoms with E-state index in [1.165, 1.54) is 0 Å². The zero-order chi connectivity index (χ0) is 16.1. The molecule has 0 N–H and O–H groups in total. The molecule has 0 aromatic carbocycles. The van der Waals surface area contributed by atoms with Crippen molar-refractivity contribution in [2.75, 3.05) is 12.3 Å². The number of hydrogen-bond donors (Lipinski definition) is 0. The van der Waals surface area contributed by atoms with E-state index in [1.54, 1.807) is 33.7 Å². The van der Waals surface area contributed by atoms with Gasteiger partial charge >= 0.3 is 0 Å². The van der Waals surface area contributed by atoms with E-state index in [-0.39, 0.29) is 12.3 Å². The average Bonchev–Trinajstić information content (AvgIpc) is 3.03. The number of carbonyl (C=O) groups is 1. The van der Waals surface area contributed by atoms with Gasteiger partial charge in [0.15, 0.2) is 5.69 Å². The van der Waals surface area contributed by atoms with Gasteiger partial charge < -0.3 is 4.90 Å². The Labute approximate surface area is 138 Å². The number of amides is 1. The molecule has 8 heteroatoms. The standard InChI is InChI=1S/C15H16N6OS/c16-4-2-6-20(10-12-3-1-5-17-9-12)15(22)14-13-11-23-8-7-21(13)19-18-14/h1,3,5,9H,2,6-8,10-11H2. The summed E-state index contributed by atoms with van der Waals surface area (Å²) in [4.78, 5) is 18.6. The lowest BCUT2D eigenvalue weighted by Gasteiger charge is -2.21. The zero-order valence-electron chi connectivity index (χ0n) is 12.6. The molecule has 0 aliphatic carbocycles. The van der Waals surface area contributed by atoms with Gasteiger partial charge in [-0.25, -0.2) is 4.68 Å². The SMILES string of the molecule is N#CCCN(Cc1cccnc1)C(=O)c1nnn2c1CSCC2. The topological polar surface area (TPSA) is 87.7 Å². The summed E-state index contributed by atoms with van der Waals surface area (Å²) in [5.41, 5.74) is 2.20. The molecule has 0 saturated heterocycles. The summed E-state index contributed by atoms with van der Waals surface area (Å²) in [5.74, 6) is 1.55. The Morgan fingerprint density at radius 2 is 2.43 bits per heavy atom. The van der Waals surface area contributed by atoms with Crippen LogP contribution in [0.3, 0.4) is 0 Å². The maximum absolute atomic E-state index is 12.9. The first-order valence-corrected chi connectivity index (χ1v) is 8.50. The van der Waals surface area contributed by atoms with Crippen molar-refractivity contribution in [3.8, 4) is 6.07 Å². The van der Waals surface area contributed by atoms with Crippen LogP contribution >= 0.6 is 11.8 Å². The van der Waals surface area contributed by atoms with Gasteiger partial charge in [-0.1, -0.05) is 11.3 Å². The Morgan fingerprint density at radius 1 is 1.52 bits per heavy atom. The highest BCUT2D eigenvalue weighted by Gasteiger charge is 2.26. The van der Waals surface area contributed by atoms with Crippen LogP contribution in [0.2, 0.25) is 0 Å². The van der Waals surface area contributed by atoms with Crippen molar-refractivity contribution in [2.24, 2.45) is 0 Å². The predicted octanol–water partition coefficient (Wildman–Crippen LogP) is 1.48. The van der Waals surface area contributed by atoms with Crippen LogP contribution in [0.25, 0.3) is 0 Å². The second kappa shape index (κ2) is 7.24. The van der Waals surface area contributed by atoms with E-state index >= 15 is 0 Å². The Morgan fingerprint density at radius 3 is 3.22 bits per heavy atom. The van der Waals surface area contributed by atoms with Crippen LogP contribution in [0.4, 0.5) is 0 Å². The minimum Gasteiger partial charge on any atom is -0.332 e. The molecule has 0 fully saturated rings. The molecule has 23 heavy (non-hydrogen) atoms. The molecule has 118 valence electrons. The number of carbonyl (C=O) groups excluding carboxylic acids is 1. The molecule has 2 aromatic heterocycles. The van der Waals surface area contributed by atoms with Crippen LogP contribution in [0.15, 0.2) is 24.5 Å². The lowest BCUT2D eigenvalue weighted by molar-refractivity contribution is 0.0739. The number of fused-ring (bicyclic) bond motifs is 1. The summed E-state index contributed by atoms with van der Waals surface area (Å²) >= 11 is 1.77. The Kier molecular flexibility index (Phi) is 4.88. The quantitative estimate of drug-likeness (QED) is 0.826. The number of nitriles is 1. The molecule has 0 unspecified atom stereocenters. The second-order valence-electron chi connectivity index (χ2n) is 5.16. The van der Waals surface area contributed by atoms with E-state index in [0.29, 0.717) is 18.8 Å². The van der Waals surface area contributed by atoms with Crippen molar-refractivity contribution >= 4 is 17.7 Å². The first-order valence-electron chi connectivity index (χ1n) is 7.35. The summed E-state index contributed by atoms with van der Waals surface area (Å²) in [7, 11) is 0. The van der Waals surface area contributed by atoms with Crippen LogP contribution < -0.4 is 0 Å². The maximum atomic E-state index is 12.9. The van der Waals surface area contributed by atoms with Crippen molar-refractivity contribution in [3.63, 3.8) is 0 Å². The third-order valence-electron chi connectivity index (χ3n) is 3.60. The number of pyridine rings is 1. The number of hydrogen-bond acceptors (Lipinski definition) is 6. The highest BCUT2D eigenvalue weighted by Crippen LogP contribution is 2.22. The maximum Gasteiger partial charge on any atom is 0.276 e. The number of aryl methyl sites for hydroxylation is 1. The molecule has 0 atom stereocenters. The normalized spacial score (nSPS) is 13.2. The summed E-state index contributed by atoms with van der Waals surface area (Å²) in [6.07, 6.45) is 3.70. The van der Waals surface area contributed by atoms with Gasteiger partial charge in [-0.3, -0.25) is 9.78 Å². The van der Waals surface area contributed by atoms with Gasteiger partial charge in [0.05, 0.1) is 24.7 Å². The van der Waals surface area contributed by atoms with Crippen molar-refractivity contribution in [2.45, 2.75) is 25.3 Å². The summed E-state index contributed by atoms with van der Waals surface area (Å²) < 4.78 is 1.80. The Balaban J connectivity index is 1.82. The third kappa shape index (κ3) is 3.51. The fourth-order valence-electron chi connectivity index (χ4n) is 2.44. The molecule has 1 aliphatic heterocycles. The lowest BCUT2D eigenvalue weighted by Crippen LogP contribution is -2.32. The summed E-state index contributed by atoms with van der Waals surface area (Å²) in [5, 5.41) is 17.0. The van der Waals surface area contributed by atoms with Crippen molar-refractivity contribution in [3.05, 3.63) is 41.5 Å². The predicted molar refractivity (Wildman–Crippen MR) is 85.4 cm³/mol. The number of aromatic nitrogens is 4. The molecule has 0 saturated carbocycles. The number of thioether (sulfide) groups is 1. The smallest absolute Gasteiger partial charge is 0.276 e. The van der Waals surface area contributed by atoms with Crippen molar-refractivity contribution in [1.29, 1.82) is 5.26 Å². The van der Waals surface area contributed by atoms with Gasteiger partial charge in [0.25, 0.3) is 5.91 Å². The molecule has 0 bridgehead atoms. The molecule has 0 spiro atoms. The number of nitrogens with zero attached hydrogens (tertiary/aromatic N) is 6. The highest BCUT2D eigenvalue weighted by molar-refractivity contribution is 7.98. The van der Waals surface area contributed by atoms with Crippen LogP contribution in [0.5, 0.6) is 0 Å². The largest absolute Gasteiger partial charge is 0.332 e. The highest BCUT2D eigenvalue weighted by atomic mass is 32.2. The zero-order valence-corrected chi connectivity index (χ0v) is 13.4. The van der Waals surface area contributed by atoms with Crippen molar-refractivity contribution < 1.29 is 4.79 Å². The fourth-order valence-corrected chi connectivity index (χ4v) is 3.37. The van der Waals surface area contributed by atoms with Gasteiger partial charge in [-0.15, -0.1) is 5.10 Å².